The molecule has 0 aliphatic rings. The molecular weight excluding hydrogens is 213 g/mol. The SMILES string of the molecule is CNCC(=O)c1c(F)cc(OC)cc1OC. The van der Waals surface area contributed by atoms with Crippen LogP contribution in [0.1, 0.15) is 10.4 Å². The summed E-state index contributed by atoms with van der Waals surface area (Å²) < 4.78 is 23.5. The van der Waals surface area contributed by atoms with E-state index in [0.29, 0.717) is 5.75 Å². The van der Waals surface area contributed by atoms with Gasteiger partial charge in [0.15, 0.2) is 5.78 Å². The Morgan fingerprint density at radius 2 is 2.06 bits per heavy atom. The van der Waals surface area contributed by atoms with Gasteiger partial charge < -0.3 is 14.8 Å². The van der Waals surface area contributed by atoms with Gasteiger partial charge in [0.2, 0.25) is 0 Å². The first-order valence-electron chi connectivity index (χ1n) is 4.73. The maximum Gasteiger partial charge on any atom is 0.183 e. The van der Waals surface area contributed by atoms with Gasteiger partial charge in [-0.2, -0.15) is 0 Å². The molecule has 0 amide bonds. The number of nitrogens with one attached hydrogen (secondary N) is 1. The molecule has 0 bridgehead atoms. The lowest BCUT2D eigenvalue weighted by molar-refractivity contribution is 0.0986. The summed E-state index contributed by atoms with van der Waals surface area (Å²) in [5, 5.41) is 2.67. The van der Waals surface area contributed by atoms with Gasteiger partial charge >= 0.3 is 0 Å². The monoisotopic (exact) mass is 227 g/mol. The van der Waals surface area contributed by atoms with Gasteiger partial charge in [-0.1, -0.05) is 0 Å². The number of Topliss-reactive ketones (excluding diaryl/α,β-unsaturated/α-hetero) is 1. The number of likely N-dealkylation sites (N-methyl/N-ethyl adjacent to an activating group) is 1. The van der Waals surface area contributed by atoms with Crippen LogP contribution in [0.25, 0.3) is 0 Å². The van der Waals surface area contributed by atoms with Crippen LogP contribution in [0.4, 0.5) is 4.39 Å². The smallest absolute Gasteiger partial charge is 0.183 e. The molecule has 88 valence electrons. The molecular formula is C11H14FNO3. The Labute approximate surface area is 93.4 Å². The van der Waals surface area contributed by atoms with Crippen molar-refractivity contribution in [3.8, 4) is 11.5 Å². The summed E-state index contributed by atoms with van der Waals surface area (Å²) in [5.41, 5.74) is -0.0577. The summed E-state index contributed by atoms with van der Waals surface area (Å²) in [6.07, 6.45) is 0. The lowest BCUT2D eigenvalue weighted by atomic mass is 10.1. The fourth-order valence-corrected chi connectivity index (χ4v) is 1.36. The van der Waals surface area contributed by atoms with Crippen LogP contribution in [-0.2, 0) is 0 Å². The summed E-state index contributed by atoms with van der Waals surface area (Å²) in [6, 6.07) is 2.64. The largest absolute Gasteiger partial charge is 0.497 e. The number of hydrogen-bond acceptors (Lipinski definition) is 4. The lowest BCUT2D eigenvalue weighted by Crippen LogP contribution is -2.20. The number of methoxy groups -OCH3 is 2. The highest BCUT2D eigenvalue weighted by molar-refractivity contribution is 6.00. The Morgan fingerprint density at radius 1 is 1.38 bits per heavy atom. The van der Waals surface area contributed by atoms with Crippen LogP contribution in [0.5, 0.6) is 11.5 Å². The van der Waals surface area contributed by atoms with E-state index in [1.807, 2.05) is 0 Å². The van der Waals surface area contributed by atoms with E-state index in [0.717, 1.165) is 6.07 Å². The average molecular weight is 227 g/mol. The first-order chi connectivity index (χ1) is 7.63. The fraction of sp³-hybridized carbons (Fsp3) is 0.364. The Kier molecular flexibility index (Phi) is 4.25. The minimum Gasteiger partial charge on any atom is -0.497 e. The number of halogens is 1. The molecule has 0 spiro atoms. The van der Waals surface area contributed by atoms with Crippen molar-refractivity contribution in [3.63, 3.8) is 0 Å². The minimum absolute atomic E-state index is 0.0552. The standard InChI is InChI=1S/C11H14FNO3/c1-13-6-9(14)11-8(12)4-7(15-2)5-10(11)16-3/h4-5,13H,6H2,1-3H3. The van der Waals surface area contributed by atoms with Crippen molar-refractivity contribution in [1.82, 2.24) is 5.32 Å². The first-order valence-corrected chi connectivity index (χ1v) is 4.73. The van der Waals surface area contributed by atoms with E-state index in [4.69, 9.17) is 9.47 Å². The molecule has 1 aromatic rings. The fourth-order valence-electron chi connectivity index (χ4n) is 1.36. The van der Waals surface area contributed by atoms with Crippen molar-refractivity contribution >= 4 is 5.78 Å². The maximum atomic E-state index is 13.6. The molecule has 4 nitrogen and oxygen atoms in total. The molecule has 0 unspecified atom stereocenters. The second-order valence-corrected chi connectivity index (χ2v) is 3.14. The molecule has 0 radical (unpaired) electrons. The molecule has 0 aromatic heterocycles. The number of rotatable bonds is 5. The highest BCUT2D eigenvalue weighted by Gasteiger charge is 2.18. The van der Waals surface area contributed by atoms with Crippen molar-refractivity contribution in [2.75, 3.05) is 27.8 Å². The van der Waals surface area contributed by atoms with Gasteiger partial charge in [-0.3, -0.25) is 4.79 Å². The van der Waals surface area contributed by atoms with Gasteiger partial charge in [-0.25, -0.2) is 4.39 Å². The van der Waals surface area contributed by atoms with Gasteiger partial charge in [0.1, 0.15) is 17.3 Å². The van der Waals surface area contributed by atoms with E-state index in [1.54, 1.807) is 7.05 Å². The zero-order chi connectivity index (χ0) is 12.1. The van der Waals surface area contributed by atoms with Crippen molar-refractivity contribution in [2.24, 2.45) is 0 Å². The van der Waals surface area contributed by atoms with Crippen LogP contribution in [0.2, 0.25) is 0 Å². The highest BCUT2D eigenvalue weighted by atomic mass is 19.1. The molecule has 0 atom stereocenters. The van der Waals surface area contributed by atoms with Crippen LogP contribution in [0.3, 0.4) is 0 Å². The van der Waals surface area contributed by atoms with Crippen molar-refractivity contribution in [1.29, 1.82) is 0 Å². The third kappa shape index (κ3) is 2.49. The average Bonchev–Trinajstić information content (AvgIpc) is 2.27. The number of ether oxygens (including phenoxy) is 2. The zero-order valence-electron chi connectivity index (χ0n) is 9.46. The summed E-state index contributed by atoms with van der Waals surface area (Å²) in [4.78, 5) is 11.6. The summed E-state index contributed by atoms with van der Waals surface area (Å²) in [5.74, 6) is -0.511. The quantitative estimate of drug-likeness (QED) is 0.769. The maximum absolute atomic E-state index is 13.6. The third-order valence-corrected chi connectivity index (χ3v) is 2.10. The normalized spacial score (nSPS) is 10.0. The number of carbonyl (C=O) groups excluding carboxylic acids is 1. The first kappa shape index (κ1) is 12.4. The molecule has 0 aliphatic carbocycles. The van der Waals surface area contributed by atoms with Gasteiger partial charge in [0.05, 0.1) is 26.3 Å². The van der Waals surface area contributed by atoms with Gasteiger partial charge in [0.25, 0.3) is 0 Å². The Morgan fingerprint density at radius 3 is 2.56 bits per heavy atom. The Bertz CT molecular complexity index is 393. The van der Waals surface area contributed by atoms with E-state index >= 15 is 0 Å². The zero-order valence-corrected chi connectivity index (χ0v) is 9.46. The van der Waals surface area contributed by atoms with Gasteiger partial charge in [0, 0.05) is 12.1 Å². The van der Waals surface area contributed by atoms with E-state index in [2.05, 4.69) is 5.32 Å². The number of carbonyl (C=O) groups is 1. The topological polar surface area (TPSA) is 47.6 Å². The molecule has 1 aromatic carbocycles. The van der Waals surface area contributed by atoms with Gasteiger partial charge in [-0.15, -0.1) is 0 Å². The number of hydrogen-bond donors (Lipinski definition) is 1. The molecule has 1 rings (SSSR count). The van der Waals surface area contributed by atoms with Crippen molar-refractivity contribution < 1.29 is 18.7 Å². The molecule has 16 heavy (non-hydrogen) atoms. The third-order valence-electron chi connectivity index (χ3n) is 2.10. The summed E-state index contributed by atoms with van der Waals surface area (Å²) >= 11 is 0. The van der Waals surface area contributed by atoms with Crippen molar-refractivity contribution in [2.45, 2.75) is 0 Å². The van der Waals surface area contributed by atoms with Crippen LogP contribution < -0.4 is 14.8 Å². The van der Waals surface area contributed by atoms with Gasteiger partial charge in [-0.05, 0) is 7.05 Å². The van der Waals surface area contributed by atoms with E-state index in [9.17, 15) is 9.18 Å². The van der Waals surface area contributed by atoms with E-state index < -0.39 is 5.82 Å². The van der Waals surface area contributed by atoms with Crippen LogP contribution in [0, 0.1) is 5.82 Å². The van der Waals surface area contributed by atoms with Crippen LogP contribution >= 0.6 is 0 Å². The highest BCUT2D eigenvalue weighted by Crippen LogP contribution is 2.27. The Balaban J connectivity index is 3.21. The lowest BCUT2D eigenvalue weighted by Gasteiger charge is -2.10. The predicted molar refractivity (Wildman–Crippen MR) is 57.8 cm³/mol. The summed E-state index contributed by atoms with van der Waals surface area (Å²) in [7, 11) is 4.42. The molecule has 0 saturated carbocycles. The summed E-state index contributed by atoms with van der Waals surface area (Å²) in [6.45, 7) is 0.0552. The predicted octanol–water partition coefficient (Wildman–Crippen LogP) is 1.25. The molecule has 0 saturated heterocycles. The number of ketones is 1. The molecule has 0 aliphatic heterocycles. The molecule has 5 heteroatoms. The molecule has 1 N–H and O–H groups in total. The number of benzene rings is 1. The second-order valence-electron chi connectivity index (χ2n) is 3.14. The van der Waals surface area contributed by atoms with Crippen LogP contribution in [0.15, 0.2) is 12.1 Å². The van der Waals surface area contributed by atoms with Crippen molar-refractivity contribution in [3.05, 3.63) is 23.5 Å². The second kappa shape index (κ2) is 5.46. The van der Waals surface area contributed by atoms with Crippen LogP contribution in [-0.4, -0.2) is 33.6 Å². The Hall–Kier alpha value is -1.62. The molecule has 0 heterocycles. The molecule has 0 fully saturated rings. The van der Waals surface area contributed by atoms with E-state index in [1.165, 1.54) is 20.3 Å². The minimum atomic E-state index is -0.642. The van der Waals surface area contributed by atoms with E-state index in [-0.39, 0.29) is 23.6 Å².